The number of hydrogen-bond acceptors (Lipinski definition) is 5. The molecule has 0 amide bonds. The Balaban J connectivity index is 3.11. The summed E-state index contributed by atoms with van der Waals surface area (Å²) in [5, 5.41) is 4.54. The molecule has 0 aliphatic rings. The molecule has 1 atom stereocenters. The molecule has 1 aromatic rings. The van der Waals surface area contributed by atoms with Crippen molar-refractivity contribution in [1.29, 1.82) is 0 Å². The highest BCUT2D eigenvalue weighted by atomic mass is 16.5. The molecule has 20 heavy (non-hydrogen) atoms. The van der Waals surface area contributed by atoms with Crippen molar-refractivity contribution in [2.75, 3.05) is 45.4 Å². The molecule has 6 nitrogen and oxygen atoms in total. The van der Waals surface area contributed by atoms with Gasteiger partial charge < -0.3 is 20.1 Å². The van der Waals surface area contributed by atoms with Gasteiger partial charge in [0.05, 0.1) is 24.9 Å². The number of ether oxygens (including phenoxy) is 2. The van der Waals surface area contributed by atoms with Crippen LogP contribution in [0.5, 0.6) is 0 Å². The first-order valence-corrected chi connectivity index (χ1v) is 7.03. The van der Waals surface area contributed by atoms with Crippen LogP contribution in [0.25, 0.3) is 0 Å². The number of nitrogens with two attached hydrogens (primary N) is 1. The largest absolute Gasteiger partial charge is 0.383 e. The Morgan fingerprint density at radius 1 is 1.35 bits per heavy atom. The second kappa shape index (κ2) is 8.24. The third kappa shape index (κ3) is 3.94. The van der Waals surface area contributed by atoms with E-state index in [0.717, 1.165) is 24.5 Å². The van der Waals surface area contributed by atoms with Gasteiger partial charge in [-0.05, 0) is 26.8 Å². The maximum absolute atomic E-state index is 5.74. The van der Waals surface area contributed by atoms with Crippen molar-refractivity contribution in [2.45, 2.75) is 26.3 Å². The SMILES string of the molecule is COCCN(c1c(CCN)c(C)nn1C)C(C)COC. The number of hydrogen-bond donors (Lipinski definition) is 1. The predicted molar refractivity (Wildman–Crippen MR) is 81.3 cm³/mol. The van der Waals surface area contributed by atoms with Crippen LogP contribution in [0.3, 0.4) is 0 Å². The number of rotatable bonds is 9. The minimum atomic E-state index is 0.251. The molecule has 6 heteroatoms. The Morgan fingerprint density at radius 2 is 2.05 bits per heavy atom. The van der Waals surface area contributed by atoms with E-state index in [0.29, 0.717) is 19.8 Å². The second-order valence-electron chi connectivity index (χ2n) is 5.04. The molecule has 116 valence electrons. The number of nitrogens with zero attached hydrogens (tertiary/aromatic N) is 3. The van der Waals surface area contributed by atoms with Crippen LogP contribution in [0.2, 0.25) is 0 Å². The van der Waals surface area contributed by atoms with E-state index in [9.17, 15) is 0 Å². The molecule has 1 rings (SSSR count). The minimum absolute atomic E-state index is 0.251. The fourth-order valence-corrected chi connectivity index (χ4v) is 2.54. The molecule has 0 saturated heterocycles. The molecular weight excluding hydrogens is 256 g/mol. The van der Waals surface area contributed by atoms with Crippen LogP contribution in [-0.4, -0.2) is 56.3 Å². The molecule has 0 aliphatic heterocycles. The predicted octanol–water partition coefficient (Wildman–Crippen LogP) is 0.717. The molecule has 0 saturated carbocycles. The first-order chi connectivity index (χ1) is 9.56. The van der Waals surface area contributed by atoms with E-state index in [4.69, 9.17) is 15.2 Å². The van der Waals surface area contributed by atoms with E-state index >= 15 is 0 Å². The zero-order valence-electron chi connectivity index (χ0n) is 13.3. The third-order valence-corrected chi connectivity index (χ3v) is 3.46. The zero-order valence-corrected chi connectivity index (χ0v) is 13.3. The molecule has 0 aromatic carbocycles. The summed E-state index contributed by atoms with van der Waals surface area (Å²) in [4.78, 5) is 2.29. The van der Waals surface area contributed by atoms with Crippen LogP contribution in [0.15, 0.2) is 0 Å². The lowest BCUT2D eigenvalue weighted by molar-refractivity contribution is 0.170. The molecule has 0 spiro atoms. The Morgan fingerprint density at radius 3 is 2.60 bits per heavy atom. The summed E-state index contributed by atoms with van der Waals surface area (Å²) in [6, 6.07) is 0.251. The van der Waals surface area contributed by atoms with Gasteiger partial charge in [-0.15, -0.1) is 0 Å². The average Bonchev–Trinajstić information content (AvgIpc) is 2.67. The number of anilines is 1. The van der Waals surface area contributed by atoms with Crippen LogP contribution in [-0.2, 0) is 22.9 Å². The lowest BCUT2D eigenvalue weighted by Crippen LogP contribution is -2.40. The smallest absolute Gasteiger partial charge is 0.130 e. The van der Waals surface area contributed by atoms with Crippen LogP contribution < -0.4 is 10.6 Å². The van der Waals surface area contributed by atoms with Gasteiger partial charge >= 0.3 is 0 Å². The first-order valence-electron chi connectivity index (χ1n) is 7.03. The Kier molecular flexibility index (Phi) is 6.98. The monoisotopic (exact) mass is 284 g/mol. The molecule has 2 N–H and O–H groups in total. The number of methoxy groups -OCH3 is 2. The molecule has 1 aromatic heterocycles. The molecule has 0 fully saturated rings. The van der Waals surface area contributed by atoms with Crippen molar-refractivity contribution in [1.82, 2.24) is 9.78 Å². The van der Waals surface area contributed by atoms with Gasteiger partial charge in [0.15, 0.2) is 0 Å². The Labute approximate surface area is 121 Å². The van der Waals surface area contributed by atoms with E-state index in [1.165, 1.54) is 5.56 Å². The van der Waals surface area contributed by atoms with Crippen LogP contribution in [0, 0.1) is 6.92 Å². The van der Waals surface area contributed by atoms with Crippen molar-refractivity contribution < 1.29 is 9.47 Å². The van der Waals surface area contributed by atoms with Crippen molar-refractivity contribution >= 4 is 5.82 Å². The van der Waals surface area contributed by atoms with Crippen LogP contribution >= 0.6 is 0 Å². The Hall–Kier alpha value is -1.11. The minimum Gasteiger partial charge on any atom is -0.383 e. The summed E-state index contributed by atoms with van der Waals surface area (Å²) in [5.41, 5.74) is 8.00. The molecule has 0 radical (unpaired) electrons. The van der Waals surface area contributed by atoms with E-state index < -0.39 is 0 Å². The molecular formula is C14H28N4O2. The lowest BCUT2D eigenvalue weighted by atomic mass is 10.1. The van der Waals surface area contributed by atoms with Gasteiger partial charge in [0.25, 0.3) is 0 Å². The summed E-state index contributed by atoms with van der Waals surface area (Å²) < 4.78 is 12.5. The average molecular weight is 284 g/mol. The standard InChI is InChI=1S/C14H28N4O2/c1-11(10-20-5)18(8-9-19-4)14-13(6-7-15)12(2)16-17(14)3/h11H,6-10,15H2,1-5H3. The van der Waals surface area contributed by atoms with Crippen molar-refractivity contribution in [3.05, 3.63) is 11.3 Å². The molecule has 1 unspecified atom stereocenters. The highest BCUT2D eigenvalue weighted by molar-refractivity contribution is 5.51. The fourth-order valence-electron chi connectivity index (χ4n) is 2.54. The summed E-state index contributed by atoms with van der Waals surface area (Å²) in [7, 11) is 5.41. The van der Waals surface area contributed by atoms with Crippen LogP contribution in [0.1, 0.15) is 18.2 Å². The van der Waals surface area contributed by atoms with E-state index in [1.807, 2.05) is 18.7 Å². The number of aromatic nitrogens is 2. The van der Waals surface area contributed by atoms with E-state index in [1.54, 1.807) is 14.2 Å². The summed E-state index contributed by atoms with van der Waals surface area (Å²) in [5.74, 6) is 1.12. The third-order valence-electron chi connectivity index (χ3n) is 3.46. The van der Waals surface area contributed by atoms with E-state index in [-0.39, 0.29) is 6.04 Å². The normalized spacial score (nSPS) is 12.7. The molecule has 1 heterocycles. The van der Waals surface area contributed by atoms with Gasteiger partial charge in [0, 0.05) is 33.4 Å². The summed E-state index contributed by atoms with van der Waals surface area (Å²) >= 11 is 0. The highest BCUT2D eigenvalue weighted by Crippen LogP contribution is 2.25. The number of aryl methyl sites for hydroxylation is 2. The fraction of sp³-hybridized carbons (Fsp3) is 0.786. The first kappa shape index (κ1) is 16.9. The summed E-state index contributed by atoms with van der Waals surface area (Å²) in [6.07, 6.45) is 0.832. The molecule has 0 bridgehead atoms. The summed E-state index contributed by atoms with van der Waals surface area (Å²) in [6.45, 7) is 6.93. The van der Waals surface area contributed by atoms with Crippen molar-refractivity contribution in [3.8, 4) is 0 Å². The van der Waals surface area contributed by atoms with Crippen molar-refractivity contribution in [2.24, 2.45) is 12.8 Å². The second-order valence-corrected chi connectivity index (χ2v) is 5.04. The maximum Gasteiger partial charge on any atom is 0.130 e. The quantitative estimate of drug-likeness (QED) is 0.724. The Bertz CT molecular complexity index is 406. The zero-order chi connectivity index (χ0) is 15.1. The lowest BCUT2D eigenvalue weighted by Gasteiger charge is -2.31. The van der Waals surface area contributed by atoms with Gasteiger partial charge in [-0.2, -0.15) is 5.10 Å². The van der Waals surface area contributed by atoms with Gasteiger partial charge in [0.1, 0.15) is 5.82 Å². The maximum atomic E-state index is 5.74. The van der Waals surface area contributed by atoms with Gasteiger partial charge in [-0.3, -0.25) is 4.68 Å². The topological polar surface area (TPSA) is 65.5 Å². The molecule has 0 aliphatic carbocycles. The van der Waals surface area contributed by atoms with Crippen molar-refractivity contribution in [3.63, 3.8) is 0 Å². The van der Waals surface area contributed by atoms with Crippen LogP contribution in [0.4, 0.5) is 5.82 Å². The highest BCUT2D eigenvalue weighted by Gasteiger charge is 2.22. The van der Waals surface area contributed by atoms with Gasteiger partial charge in [-0.1, -0.05) is 0 Å². The van der Waals surface area contributed by atoms with Gasteiger partial charge in [-0.25, -0.2) is 0 Å². The van der Waals surface area contributed by atoms with E-state index in [2.05, 4.69) is 16.9 Å². The van der Waals surface area contributed by atoms with Gasteiger partial charge in [0.2, 0.25) is 0 Å².